The van der Waals surface area contributed by atoms with Gasteiger partial charge in [0.15, 0.2) is 6.61 Å². The van der Waals surface area contributed by atoms with Gasteiger partial charge < -0.3 is 10.1 Å². The van der Waals surface area contributed by atoms with Crippen molar-refractivity contribution in [3.8, 4) is 11.8 Å². The van der Waals surface area contributed by atoms with Crippen LogP contribution in [0, 0.1) is 17.2 Å². The number of nitrogens with one attached hydrogen (secondary N) is 2. The topological polar surface area (TPSA) is 104 Å². The molecule has 2 N–H and O–H groups in total. The summed E-state index contributed by atoms with van der Waals surface area (Å²) in [5.74, 6) is -0.403. The molecule has 2 amide bonds. The Kier molecular flexibility index (Phi) is 8.19. The third kappa shape index (κ3) is 6.94. The van der Waals surface area contributed by atoms with Gasteiger partial charge in [-0.05, 0) is 53.9 Å². The number of ether oxygens (including phenoxy) is 1. The first kappa shape index (κ1) is 21.9. The van der Waals surface area contributed by atoms with Crippen LogP contribution in [-0.4, -0.2) is 30.7 Å². The van der Waals surface area contributed by atoms with E-state index < -0.39 is 17.9 Å². The lowest BCUT2D eigenvalue weighted by Gasteiger charge is -2.20. The number of nitriles is 1. The molecule has 1 unspecified atom stereocenters. The summed E-state index contributed by atoms with van der Waals surface area (Å²) in [5, 5.41) is 15.6. The fourth-order valence-electron chi connectivity index (χ4n) is 2.39. The van der Waals surface area contributed by atoms with Crippen molar-refractivity contribution in [1.29, 1.82) is 5.26 Å². The Balaban J connectivity index is 1.96. The van der Waals surface area contributed by atoms with E-state index >= 15 is 0 Å². The molecule has 150 valence electrons. The summed E-state index contributed by atoms with van der Waals surface area (Å²) in [7, 11) is 0. The largest absolute Gasteiger partial charge is 0.479 e. The Labute approximate surface area is 174 Å². The highest BCUT2D eigenvalue weighted by Crippen LogP contribution is 2.12. The second-order valence-corrected chi connectivity index (χ2v) is 6.89. The zero-order chi connectivity index (χ0) is 21.2. The van der Waals surface area contributed by atoms with E-state index in [-0.39, 0.29) is 12.5 Å². The average molecular weight is 413 g/mol. The van der Waals surface area contributed by atoms with Crippen molar-refractivity contribution in [2.24, 2.45) is 11.0 Å². The van der Waals surface area contributed by atoms with Gasteiger partial charge in [-0.25, -0.2) is 5.43 Å². The molecule has 0 aliphatic heterocycles. The monoisotopic (exact) mass is 412 g/mol. The lowest BCUT2D eigenvalue weighted by atomic mass is 10.0. The molecule has 0 fully saturated rings. The SMILES string of the molecule is CC(C)C(NC(=O)c1cccc(Cl)c1)C(=O)N/N=C/c1ccc(OCC#N)cc1. The number of hydrogen-bond donors (Lipinski definition) is 2. The van der Waals surface area contributed by atoms with Crippen molar-refractivity contribution in [3.63, 3.8) is 0 Å². The number of halogens is 1. The molecule has 0 aromatic heterocycles. The lowest BCUT2D eigenvalue weighted by molar-refractivity contribution is -0.123. The molecule has 2 aromatic rings. The summed E-state index contributed by atoms with van der Waals surface area (Å²) in [6.07, 6.45) is 1.47. The van der Waals surface area contributed by atoms with Crippen molar-refractivity contribution in [1.82, 2.24) is 10.7 Å². The Bertz CT molecular complexity index is 920. The first-order chi connectivity index (χ1) is 13.9. The Hall–Kier alpha value is -3.37. The molecular formula is C21H21ClN4O3. The molecular weight excluding hydrogens is 392 g/mol. The number of benzene rings is 2. The standard InChI is InChI=1S/C21H21ClN4O3/c1-14(2)19(25-20(27)16-4-3-5-17(22)12-16)21(28)26-24-13-15-6-8-18(9-7-15)29-11-10-23/h3-9,12-14,19H,11H2,1-2H3,(H,25,27)(H,26,28)/b24-13+. The average Bonchev–Trinajstić information content (AvgIpc) is 2.70. The fourth-order valence-corrected chi connectivity index (χ4v) is 2.59. The van der Waals surface area contributed by atoms with Crippen molar-refractivity contribution in [3.05, 3.63) is 64.7 Å². The molecule has 0 saturated heterocycles. The zero-order valence-corrected chi connectivity index (χ0v) is 16.8. The maximum Gasteiger partial charge on any atom is 0.262 e. The molecule has 8 heteroatoms. The predicted octanol–water partition coefficient (Wildman–Crippen LogP) is 3.15. The van der Waals surface area contributed by atoms with Crippen LogP contribution in [0.2, 0.25) is 5.02 Å². The van der Waals surface area contributed by atoms with Crippen molar-refractivity contribution < 1.29 is 14.3 Å². The van der Waals surface area contributed by atoms with Crippen LogP contribution in [0.1, 0.15) is 29.8 Å². The molecule has 0 spiro atoms. The van der Waals surface area contributed by atoms with Gasteiger partial charge in [0.1, 0.15) is 17.9 Å². The maximum atomic E-state index is 12.5. The zero-order valence-electron chi connectivity index (χ0n) is 16.1. The van der Waals surface area contributed by atoms with E-state index in [2.05, 4.69) is 15.8 Å². The number of amides is 2. The number of hydrogen-bond acceptors (Lipinski definition) is 5. The Morgan fingerprint density at radius 3 is 2.59 bits per heavy atom. The van der Waals surface area contributed by atoms with Crippen LogP contribution in [0.3, 0.4) is 0 Å². The smallest absolute Gasteiger partial charge is 0.262 e. The minimum Gasteiger partial charge on any atom is -0.479 e. The van der Waals surface area contributed by atoms with Gasteiger partial charge >= 0.3 is 0 Å². The number of carbonyl (C=O) groups is 2. The number of carbonyl (C=O) groups excluding carboxylic acids is 2. The Morgan fingerprint density at radius 1 is 1.24 bits per heavy atom. The van der Waals surface area contributed by atoms with Crippen molar-refractivity contribution in [2.45, 2.75) is 19.9 Å². The highest BCUT2D eigenvalue weighted by atomic mass is 35.5. The van der Waals surface area contributed by atoms with Crippen LogP contribution in [0.5, 0.6) is 5.75 Å². The molecule has 2 aromatic carbocycles. The van der Waals surface area contributed by atoms with E-state index in [4.69, 9.17) is 21.6 Å². The Morgan fingerprint density at radius 2 is 1.97 bits per heavy atom. The molecule has 29 heavy (non-hydrogen) atoms. The van der Waals surface area contributed by atoms with Crippen LogP contribution in [-0.2, 0) is 4.79 Å². The van der Waals surface area contributed by atoms with Gasteiger partial charge in [0.05, 0.1) is 6.21 Å². The number of nitrogens with zero attached hydrogens (tertiary/aromatic N) is 2. The minimum absolute atomic E-state index is 0.0268. The van der Waals surface area contributed by atoms with Gasteiger partial charge in [-0.2, -0.15) is 10.4 Å². The summed E-state index contributed by atoms with van der Waals surface area (Å²) in [6.45, 7) is 3.62. The normalized spacial score (nSPS) is 11.7. The second kappa shape index (κ2) is 10.8. The molecule has 0 aliphatic carbocycles. The third-order valence-corrected chi connectivity index (χ3v) is 4.13. The molecule has 0 radical (unpaired) electrons. The molecule has 0 saturated carbocycles. The van der Waals surface area contributed by atoms with E-state index in [0.29, 0.717) is 16.3 Å². The first-order valence-electron chi connectivity index (χ1n) is 8.90. The molecule has 0 bridgehead atoms. The van der Waals surface area contributed by atoms with Crippen LogP contribution in [0.15, 0.2) is 53.6 Å². The predicted molar refractivity (Wildman–Crippen MR) is 111 cm³/mol. The van der Waals surface area contributed by atoms with E-state index in [1.807, 2.05) is 19.9 Å². The van der Waals surface area contributed by atoms with E-state index in [9.17, 15) is 9.59 Å². The highest BCUT2D eigenvalue weighted by molar-refractivity contribution is 6.31. The van der Waals surface area contributed by atoms with Gasteiger partial charge in [-0.3, -0.25) is 9.59 Å². The van der Waals surface area contributed by atoms with Gasteiger partial charge in [0, 0.05) is 10.6 Å². The maximum absolute atomic E-state index is 12.5. The number of hydrazone groups is 1. The summed E-state index contributed by atoms with van der Waals surface area (Å²) in [4.78, 5) is 24.9. The fraction of sp³-hybridized carbons (Fsp3) is 0.238. The second-order valence-electron chi connectivity index (χ2n) is 6.46. The first-order valence-corrected chi connectivity index (χ1v) is 9.27. The highest BCUT2D eigenvalue weighted by Gasteiger charge is 2.24. The summed E-state index contributed by atoms with van der Waals surface area (Å²) < 4.78 is 5.17. The molecule has 0 heterocycles. The summed E-state index contributed by atoms with van der Waals surface area (Å²) >= 11 is 5.91. The van der Waals surface area contributed by atoms with E-state index in [0.717, 1.165) is 5.56 Å². The van der Waals surface area contributed by atoms with Crippen molar-refractivity contribution in [2.75, 3.05) is 6.61 Å². The summed E-state index contributed by atoms with van der Waals surface area (Å²) in [5.41, 5.74) is 3.55. The van der Waals surface area contributed by atoms with Crippen molar-refractivity contribution >= 4 is 29.6 Å². The molecule has 7 nitrogen and oxygen atoms in total. The van der Waals surface area contributed by atoms with E-state index in [1.165, 1.54) is 12.3 Å². The van der Waals surface area contributed by atoms with Gasteiger partial charge in [-0.1, -0.05) is 31.5 Å². The molecule has 0 aliphatic rings. The van der Waals surface area contributed by atoms with Crippen LogP contribution in [0.25, 0.3) is 0 Å². The van der Waals surface area contributed by atoms with Gasteiger partial charge in [0.25, 0.3) is 11.8 Å². The molecule has 1 atom stereocenters. The van der Waals surface area contributed by atoms with Crippen LogP contribution in [0.4, 0.5) is 0 Å². The quantitative estimate of drug-likeness (QED) is 0.513. The minimum atomic E-state index is -0.764. The van der Waals surface area contributed by atoms with Gasteiger partial charge in [-0.15, -0.1) is 0 Å². The number of rotatable bonds is 8. The van der Waals surface area contributed by atoms with E-state index in [1.54, 1.807) is 42.5 Å². The van der Waals surface area contributed by atoms with Crippen LogP contribution >= 0.6 is 11.6 Å². The third-order valence-electron chi connectivity index (χ3n) is 3.89. The van der Waals surface area contributed by atoms with Gasteiger partial charge in [0.2, 0.25) is 0 Å². The molecule has 2 rings (SSSR count). The van der Waals surface area contributed by atoms with Crippen LogP contribution < -0.4 is 15.5 Å². The lowest BCUT2D eigenvalue weighted by Crippen LogP contribution is -2.48. The summed E-state index contributed by atoms with van der Waals surface area (Å²) in [6, 6.07) is 14.5.